The lowest BCUT2D eigenvalue weighted by atomic mass is 9.78. The predicted octanol–water partition coefficient (Wildman–Crippen LogP) is 7.20. The maximum atomic E-state index is 14.5. The number of piperidine rings is 1. The number of cyclic esters (lactones) is 1. The van der Waals surface area contributed by atoms with Gasteiger partial charge in [-0.2, -0.15) is 0 Å². The largest absolute Gasteiger partial charge is 0.460 e. The molecule has 398 valence electrons. The summed E-state index contributed by atoms with van der Waals surface area (Å²) >= 11 is 0. The molecule has 15 nitrogen and oxygen atoms in total. The third-order valence-corrected chi connectivity index (χ3v) is 15.1. The second-order valence-electron chi connectivity index (χ2n) is 20.7. The minimum absolute atomic E-state index is 0.00312. The van der Waals surface area contributed by atoms with E-state index in [4.69, 9.17) is 33.2 Å². The first-order valence-electron chi connectivity index (χ1n) is 25.9. The predicted molar refractivity (Wildman–Crippen MR) is 268 cm³/mol. The molecule has 2 N–H and O–H groups in total. The van der Waals surface area contributed by atoms with E-state index in [1.54, 1.807) is 48.0 Å². The van der Waals surface area contributed by atoms with Crippen LogP contribution in [0.4, 0.5) is 0 Å². The van der Waals surface area contributed by atoms with Gasteiger partial charge in [-0.25, -0.2) is 4.79 Å². The average Bonchev–Trinajstić information content (AvgIpc) is 3.35. The third-order valence-electron chi connectivity index (χ3n) is 15.1. The molecule has 0 aromatic carbocycles. The highest BCUT2D eigenvalue weighted by atomic mass is 16.6. The van der Waals surface area contributed by atoms with Crippen LogP contribution in [-0.4, -0.2) is 140 Å². The smallest absolute Gasteiger partial charge is 0.329 e. The van der Waals surface area contributed by atoms with Crippen molar-refractivity contribution in [2.24, 2.45) is 35.5 Å². The summed E-state index contributed by atoms with van der Waals surface area (Å²) < 4.78 is 41.2. The summed E-state index contributed by atoms with van der Waals surface area (Å²) in [6, 6.07) is -1.15. The molecule has 1 amide bonds. The normalized spacial score (nSPS) is 35.4. The fourth-order valence-electron chi connectivity index (χ4n) is 10.6. The Bertz CT molecular complexity index is 1970. The number of amides is 1. The molecular weight excluding hydrogens is 911 g/mol. The van der Waals surface area contributed by atoms with Gasteiger partial charge in [-0.15, -0.1) is 0 Å². The van der Waals surface area contributed by atoms with Gasteiger partial charge in [-0.05, 0) is 107 Å². The Hall–Kier alpha value is -4.01. The summed E-state index contributed by atoms with van der Waals surface area (Å²) in [6.07, 6.45) is 14.5. The molecule has 2 saturated heterocycles. The van der Waals surface area contributed by atoms with E-state index in [0.717, 1.165) is 18.4 Å². The Morgan fingerprint density at radius 2 is 1.63 bits per heavy atom. The van der Waals surface area contributed by atoms with Gasteiger partial charge in [0.15, 0.2) is 11.6 Å². The van der Waals surface area contributed by atoms with E-state index < -0.39 is 77.8 Å². The third kappa shape index (κ3) is 16.8. The van der Waals surface area contributed by atoms with Crippen molar-refractivity contribution in [2.45, 2.75) is 187 Å². The maximum absolute atomic E-state index is 14.5. The lowest BCUT2D eigenvalue weighted by molar-refractivity contribution is -0.265. The average molecular weight is 996 g/mol. The first-order chi connectivity index (χ1) is 33.8. The first-order valence-corrected chi connectivity index (χ1v) is 25.9. The molecule has 2 bridgehead atoms. The quantitative estimate of drug-likeness (QED) is 0.0966. The fraction of sp³-hybridized carbons (Fsp3) is 0.732. The van der Waals surface area contributed by atoms with Crippen LogP contribution in [-0.2, 0) is 57.1 Å². The molecule has 15 atom stereocenters. The second-order valence-corrected chi connectivity index (χ2v) is 20.7. The number of fused-ring (bicyclic) bond motifs is 3. The van der Waals surface area contributed by atoms with Gasteiger partial charge in [-0.3, -0.25) is 19.2 Å². The molecule has 3 aliphatic heterocycles. The van der Waals surface area contributed by atoms with E-state index in [2.05, 4.69) is 12.0 Å². The number of hydrogen-bond donors (Lipinski definition) is 2. The molecule has 0 aromatic rings. The minimum Gasteiger partial charge on any atom is -0.460 e. The van der Waals surface area contributed by atoms with Crippen LogP contribution in [0.15, 0.2) is 47.6 Å². The van der Waals surface area contributed by atoms with Gasteiger partial charge in [0.05, 0.1) is 37.6 Å². The van der Waals surface area contributed by atoms with E-state index in [9.17, 15) is 34.2 Å². The molecule has 0 radical (unpaired) electrons. The van der Waals surface area contributed by atoms with Crippen LogP contribution in [0.1, 0.15) is 132 Å². The number of Topliss-reactive ketones (excluding diaryl/α,β-unsaturated/α-hetero) is 3. The molecule has 3 fully saturated rings. The standard InChI is InChI=1S/C56H85NO14/c1-12-26-68-47-33-43-23-21-41(8)56(64,71-43)53(61)54(62)57-25-17-16-20-44(57)55(63)70-48(38(5)31-42-22-24-46(49(32-42)66-10)69-28-27-65-9)34-45(58)37(4)30-40(7)51(60)52(67-11)50(59)39(6)29-35(2)18-14-13-15-19-36(47)3/h13-15,18-19,30,35,38-44,46-49,51-52,60,64H,16-17,20-25,27-29,31-34H2,1-11H3/t35-,38-,39-,40?,41-,42+,43+,44+,46+,47+,48?,49-,51-,52+,56-/m1/s1. The zero-order valence-electron chi connectivity index (χ0n) is 44.4. The number of ketones is 3. The Labute approximate surface area is 423 Å². The highest BCUT2D eigenvalue weighted by Gasteiger charge is 2.53. The summed E-state index contributed by atoms with van der Waals surface area (Å²) in [5.74, 6) is -5.24. The number of carbonyl (C=O) groups excluding carboxylic acids is 5. The van der Waals surface area contributed by atoms with Crippen molar-refractivity contribution in [3.05, 3.63) is 47.6 Å². The molecular formula is C56H85NO14. The van der Waals surface area contributed by atoms with Crippen LogP contribution in [0.3, 0.4) is 0 Å². The Kier molecular flexibility index (Phi) is 24.3. The number of nitrogens with zero attached hydrogens (tertiary/aromatic N) is 1. The topological polar surface area (TPSA) is 194 Å². The number of ether oxygens (including phenoxy) is 7. The van der Waals surface area contributed by atoms with Gasteiger partial charge in [0.25, 0.3) is 11.7 Å². The summed E-state index contributed by atoms with van der Waals surface area (Å²) in [5, 5.41) is 23.6. The van der Waals surface area contributed by atoms with Crippen molar-refractivity contribution >= 4 is 29.2 Å². The highest BCUT2D eigenvalue weighted by molar-refractivity contribution is 6.39. The molecule has 71 heavy (non-hydrogen) atoms. The minimum atomic E-state index is -2.47. The van der Waals surface area contributed by atoms with Crippen LogP contribution >= 0.6 is 0 Å². The number of aliphatic hydroxyl groups excluding tert-OH is 1. The summed E-state index contributed by atoms with van der Waals surface area (Å²) in [4.78, 5) is 72.5. The molecule has 0 spiro atoms. The van der Waals surface area contributed by atoms with Crippen LogP contribution in [0.25, 0.3) is 0 Å². The molecule has 4 rings (SSSR count). The lowest BCUT2D eigenvalue weighted by Crippen LogP contribution is -2.61. The monoisotopic (exact) mass is 996 g/mol. The van der Waals surface area contributed by atoms with E-state index >= 15 is 0 Å². The Morgan fingerprint density at radius 1 is 0.887 bits per heavy atom. The van der Waals surface area contributed by atoms with Crippen LogP contribution in [0, 0.1) is 47.5 Å². The van der Waals surface area contributed by atoms with E-state index in [-0.39, 0.29) is 67.3 Å². The van der Waals surface area contributed by atoms with Crippen LogP contribution in [0.5, 0.6) is 0 Å². The van der Waals surface area contributed by atoms with Gasteiger partial charge in [0.2, 0.25) is 5.79 Å². The van der Waals surface area contributed by atoms with Crippen LogP contribution < -0.4 is 0 Å². The number of aliphatic hydroxyl groups is 2. The SMILES string of the molecule is CC#CO[C@H]1C[C@@H]2CC[C@@H](C)[C@@](O)(O2)C(=O)C(=O)N2CCCC[C@H]2C(=O)OC([C@H](C)C[C@@H]2CC[C@H](OCCOC)[C@H](OC)C2)CC(=O)C(C)=CC(C)[C@@H](O)[C@@H](OC)C(=O)[C@H](C)C[C@H](C)C=CC=CC=C1C. The molecule has 4 aliphatic rings. The maximum Gasteiger partial charge on any atom is 0.329 e. The van der Waals surface area contributed by atoms with Crippen molar-refractivity contribution in [3.63, 3.8) is 0 Å². The summed E-state index contributed by atoms with van der Waals surface area (Å²) in [7, 11) is 4.68. The molecule has 1 aliphatic carbocycles. The molecule has 3 heterocycles. The van der Waals surface area contributed by atoms with Gasteiger partial charge < -0.3 is 48.3 Å². The number of rotatable bonds is 10. The second kappa shape index (κ2) is 29.0. The van der Waals surface area contributed by atoms with Gasteiger partial charge in [0, 0.05) is 65.4 Å². The zero-order chi connectivity index (χ0) is 52.4. The van der Waals surface area contributed by atoms with E-state index in [1.807, 2.05) is 58.1 Å². The molecule has 2 unspecified atom stereocenters. The molecule has 15 heteroatoms. The van der Waals surface area contributed by atoms with Gasteiger partial charge in [0.1, 0.15) is 30.5 Å². The lowest BCUT2D eigenvalue weighted by Gasteiger charge is -2.42. The van der Waals surface area contributed by atoms with E-state index in [1.165, 1.54) is 12.0 Å². The first kappa shape index (κ1) is 59.6. The Morgan fingerprint density at radius 3 is 2.32 bits per heavy atom. The van der Waals surface area contributed by atoms with Crippen molar-refractivity contribution in [1.82, 2.24) is 4.90 Å². The number of carbonyl (C=O) groups is 5. The number of esters is 1. The zero-order valence-corrected chi connectivity index (χ0v) is 44.4. The van der Waals surface area contributed by atoms with Crippen molar-refractivity contribution < 1.29 is 67.3 Å². The number of methoxy groups -OCH3 is 3. The van der Waals surface area contributed by atoms with Gasteiger partial charge >= 0.3 is 5.97 Å². The summed E-state index contributed by atoms with van der Waals surface area (Å²) in [5.41, 5.74) is 1.13. The molecule has 1 saturated carbocycles. The Balaban J connectivity index is 1.71. The van der Waals surface area contributed by atoms with Crippen molar-refractivity contribution in [3.8, 4) is 12.0 Å². The number of allylic oxidation sites excluding steroid dienone is 6. The van der Waals surface area contributed by atoms with Crippen molar-refractivity contribution in [1.29, 1.82) is 0 Å². The van der Waals surface area contributed by atoms with Gasteiger partial charge in [-0.1, -0.05) is 77.0 Å². The highest BCUT2D eigenvalue weighted by Crippen LogP contribution is 2.38. The molecule has 0 aromatic heterocycles. The van der Waals surface area contributed by atoms with Crippen LogP contribution in [0.2, 0.25) is 0 Å². The summed E-state index contributed by atoms with van der Waals surface area (Å²) in [6.45, 7) is 15.3. The van der Waals surface area contributed by atoms with E-state index in [0.29, 0.717) is 63.7 Å². The fourth-order valence-corrected chi connectivity index (χ4v) is 10.6. The number of hydrogen-bond acceptors (Lipinski definition) is 14. The van der Waals surface area contributed by atoms with Crippen molar-refractivity contribution in [2.75, 3.05) is 41.1 Å².